The van der Waals surface area contributed by atoms with Gasteiger partial charge < -0.3 is 4.74 Å². The van der Waals surface area contributed by atoms with Crippen LogP contribution in [0.5, 0.6) is 0 Å². The number of methoxy groups -OCH3 is 1. The molecule has 0 aliphatic rings. The van der Waals surface area contributed by atoms with E-state index in [0.717, 1.165) is 33.0 Å². The minimum atomic E-state index is 0.600. The molecule has 4 aromatic heterocycles. The van der Waals surface area contributed by atoms with Crippen molar-refractivity contribution in [1.29, 1.82) is 0 Å². The van der Waals surface area contributed by atoms with Gasteiger partial charge in [0.05, 0.1) is 18.8 Å². The fraction of sp³-hybridized carbons (Fsp3) is 0.222. The summed E-state index contributed by atoms with van der Waals surface area (Å²) in [5, 5.41) is 17.0. The van der Waals surface area contributed by atoms with Crippen LogP contribution in [0.1, 0.15) is 5.69 Å². The van der Waals surface area contributed by atoms with Gasteiger partial charge in [0.25, 0.3) is 0 Å². The number of thiophene rings is 1. The lowest BCUT2D eigenvalue weighted by atomic mass is 10.2. The second kappa shape index (κ2) is 8.75. The van der Waals surface area contributed by atoms with E-state index in [1.165, 1.54) is 5.56 Å². The number of pyridine rings is 1. The van der Waals surface area contributed by atoms with Crippen LogP contribution in [0.15, 0.2) is 51.9 Å². The number of nitrogens with zero attached hydrogens (tertiary/aromatic N) is 5. The Morgan fingerprint density at radius 3 is 2.78 bits per heavy atom. The fourth-order valence-corrected chi connectivity index (χ4v) is 5.02. The Hall–Kier alpha value is -2.07. The summed E-state index contributed by atoms with van der Waals surface area (Å²) >= 11 is 5.00. The summed E-state index contributed by atoms with van der Waals surface area (Å²) < 4.78 is 7.35. The molecule has 138 valence electrons. The van der Waals surface area contributed by atoms with Crippen LogP contribution in [0.4, 0.5) is 0 Å². The van der Waals surface area contributed by atoms with Crippen molar-refractivity contribution in [2.24, 2.45) is 0 Å². The minimum absolute atomic E-state index is 0.600. The summed E-state index contributed by atoms with van der Waals surface area (Å²) in [7, 11) is 1.70. The molecule has 0 radical (unpaired) electrons. The number of aromatic nitrogens is 5. The summed E-state index contributed by atoms with van der Waals surface area (Å²) in [4.78, 5) is 8.81. The molecule has 27 heavy (non-hydrogen) atoms. The summed E-state index contributed by atoms with van der Waals surface area (Å²) in [6, 6.07) is 5.98. The van der Waals surface area contributed by atoms with Gasteiger partial charge in [-0.2, -0.15) is 11.3 Å². The number of hydrogen-bond acceptors (Lipinski definition) is 8. The molecule has 0 saturated carbocycles. The van der Waals surface area contributed by atoms with E-state index < -0.39 is 0 Å². The van der Waals surface area contributed by atoms with Crippen molar-refractivity contribution in [3.63, 3.8) is 0 Å². The first kappa shape index (κ1) is 18.3. The quantitative estimate of drug-likeness (QED) is 0.396. The van der Waals surface area contributed by atoms with Crippen LogP contribution in [-0.4, -0.2) is 38.4 Å². The van der Waals surface area contributed by atoms with Gasteiger partial charge in [-0.3, -0.25) is 9.55 Å². The zero-order chi connectivity index (χ0) is 18.5. The second-order valence-electron chi connectivity index (χ2n) is 5.63. The Balaban J connectivity index is 1.52. The molecule has 4 aromatic rings. The molecule has 6 nitrogen and oxygen atoms in total. The number of rotatable bonds is 8. The average molecular weight is 416 g/mol. The first-order chi connectivity index (χ1) is 13.3. The van der Waals surface area contributed by atoms with Crippen molar-refractivity contribution in [3.8, 4) is 22.0 Å². The molecule has 4 rings (SSSR count). The predicted octanol–water partition coefficient (Wildman–Crippen LogP) is 4.46. The van der Waals surface area contributed by atoms with Gasteiger partial charge in [-0.15, -0.1) is 21.5 Å². The largest absolute Gasteiger partial charge is 0.383 e. The van der Waals surface area contributed by atoms with E-state index in [0.29, 0.717) is 13.2 Å². The van der Waals surface area contributed by atoms with Crippen molar-refractivity contribution in [2.45, 2.75) is 17.5 Å². The first-order valence-corrected chi connectivity index (χ1v) is 11.1. The van der Waals surface area contributed by atoms with Crippen LogP contribution in [-0.2, 0) is 17.0 Å². The molecule has 0 N–H and O–H groups in total. The molecule has 0 amide bonds. The lowest BCUT2D eigenvalue weighted by molar-refractivity contribution is 0.185. The van der Waals surface area contributed by atoms with E-state index in [-0.39, 0.29) is 0 Å². The lowest BCUT2D eigenvalue weighted by Gasteiger charge is -2.09. The highest BCUT2D eigenvalue weighted by Gasteiger charge is 2.15. The maximum Gasteiger partial charge on any atom is 0.191 e. The first-order valence-electron chi connectivity index (χ1n) is 8.27. The zero-order valence-corrected chi connectivity index (χ0v) is 17.1. The molecule has 0 spiro atoms. The van der Waals surface area contributed by atoms with Gasteiger partial charge in [0.15, 0.2) is 11.0 Å². The van der Waals surface area contributed by atoms with Crippen molar-refractivity contribution >= 4 is 34.4 Å². The molecule has 0 fully saturated rings. The highest BCUT2D eigenvalue weighted by atomic mass is 32.2. The van der Waals surface area contributed by atoms with E-state index in [9.17, 15) is 0 Å². The topological polar surface area (TPSA) is 65.7 Å². The predicted molar refractivity (Wildman–Crippen MR) is 110 cm³/mol. The Kier molecular flexibility index (Phi) is 5.93. The normalized spacial score (nSPS) is 11.1. The smallest absolute Gasteiger partial charge is 0.191 e. The molecular weight excluding hydrogens is 398 g/mol. The van der Waals surface area contributed by atoms with E-state index in [1.54, 1.807) is 53.9 Å². The Labute approximate surface area is 169 Å². The van der Waals surface area contributed by atoms with Crippen LogP contribution >= 0.6 is 34.4 Å². The third-order valence-corrected chi connectivity index (χ3v) is 6.47. The third kappa shape index (κ3) is 4.27. The maximum atomic E-state index is 5.26. The molecular formula is C18H17N5OS3. The lowest BCUT2D eigenvalue weighted by Crippen LogP contribution is -2.07. The second-order valence-corrected chi connectivity index (χ2v) is 8.21. The molecule has 0 saturated heterocycles. The maximum absolute atomic E-state index is 5.26. The Morgan fingerprint density at radius 1 is 1.11 bits per heavy atom. The van der Waals surface area contributed by atoms with Crippen molar-refractivity contribution < 1.29 is 4.74 Å². The van der Waals surface area contributed by atoms with E-state index in [2.05, 4.69) is 42.0 Å². The van der Waals surface area contributed by atoms with Gasteiger partial charge in [-0.1, -0.05) is 11.8 Å². The Bertz CT molecular complexity index is 982. The summed E-state index contributed by atoms with van der Waals surface area (Å²) in [6.45, 7) is 1.30. The molecule has 0 bridgehead atoms. The number of ether oxygens (including phenoxy) is 1. The number of thioether (sulfide) groups is 1. The van der Waals surface area contributed by atoms with Crippen molar-refractivity contribution in [2.75, 3.05) is 13.7 Å². The van der Waals surface area contributed by atoms with Crippen LogP contribution in [0.2, 0.25) is 0 Å². The van der Waals surface area contributed by atoms with E-state index in [1.807, 2.05) is 12.1 Å². The molecule has 4 heterocycles. The average Bonchev–Trinajstić information content (AvgIpc) is 3.45. The van der Waals surface area contributed by atoms with Gasteiger partial charge >= 0.3 is 0 Å². The monoisotopic (exact) mass is 415 g/mol. The summed E-state index contributed by atoms with van der Waals surface area (Å²) in [5.74, 6) is 1.58. The van der Waals surface area contributed by atoms with Crippen LogP contribution < -0.4 is 0 Å². The van der Waals surface area contributed by atoms with Gasteiger partial charge in [-0.25, -0.2) is 4.98 Å². The highest BCUT2D eigenvalue weighted by molar-refractivity contribution is 7.98. The van der Waals surface area contributed by atoms with Crippen LogP contribution in [0, 0.1) is 0 Å². The summed E-state index contributed by atoms with van der Waals surface area (Å²) in [6.07, 6.45) is 3.53. The zero-order valence-electron chi connectivity index (χ0n) is 14.6. The van der Waals surface area contributed by atoms with Gasteiger partial charge in [-0.05, 0) is 23.6 Å². The molecule has 0 unspecified atom stereocenters. The van der Waals surface area contributed by atoms with E-state index in [4.69, 9.17) is 9.72 Å². The van der Waals surface area contributed by atoms with Gasteiger partial charge in [0.1, 0.15) is 5.01 Å². The third-order valence-electron chi connectivity index (χ3n) is 3.84. The van der Waals surface area contributed by atoms with Crippen molar-refractivity contribution in [3.05, 3.63) is 52.4 Å². The SMILES string of the molecule is COCCn1c(SCc2csc(-c3ccsc3)n2)nnc1-c1ccncc1. The number of thiazole rings is 1. The van der Waals surface area contributed by atoms with Crippen LogP contribution in [0.25, 0.3) is 22.0 Å². The molecule has 0 atom stereocenters. The molecule has 0 aliphatic heterocycles. The van der Waals surface area contributed by atoms with E-state index >= 15 is 0 Å². The minimum Gasteiger partial charge on any atom is -0.383 e. The highest BCUT2D eigenvalue weighted by Crippen LogP contribution is 2.30. The van der Waals surface area contributed by atoms with Crippen LogP contribution in [0.3, 0.4) is 0 Å². The fourth-order valence-electron chi connectivity index (χ4n) is 2.52. The van der Waals surface area contributed by atoms with Gasteiger partial charge in [0.2, 0.25) is 0 Å². The molecule has 0 aliphatic carbocycles. The Morgan fingerprint density at radius 2 is 2.00 bits per heavy atom. The molecule has 9 heteroatoms. The molecule has 0 aromatic carbocycles. The van der Waals surface area contributed by atoms with Crippen molar-refractivity contribution in [1.82, 2.24) is 24.7 Å². The summed E-state index contributed by atoms with van der Waals surface area (Å²) in [5.41, 5.74) is 3.23. The number of hydrogen-bond donors (Lipinski definition) is 0. The standard InChI is InChI=1S/C18H17N5OS3/c1-24-8-7-23-16(13-2-5-19-6-3-13)21-22-18(23)27-12-15-11-26-17(20-15)14-4-9-25-10-14/h2-6,9-11H,7-8,12H2,1H3. The van der Waals surface area contributed by atoms with Gasteiger partial charge in [0, 0.05) is 47.1 Å².